The maximum atomic E-state index is 12.0. The summed E-state index contributed by atoms with van der Waals surface area (Å²) in [5, 5.41) is 7.33. The monoisotopic (exact) mass is 398 g/mol. The number of pyridine rings is 1. The zero-order valence-corrected chi connectivity index (χ0v) is 16.7. The smallest absolute Gasteiger partial charge is 0.249 e. The Morgan fingerprint density at radius 1 is 1.10 bits per heavy atom. The number of hydrogen-bond acceptors (Lipinski definition) is 4. The quantitative estimate of drug-likeness (QED) is 0.514. The molecule has 1 N–H and O–H groups in total. The molecular formula is C24H22N4O2. The zero-order valence-electron chi connectivity index (χ0n) is 16.7. The lowest BCUT2D eigenvalue weighted by atomic mass is 10.1. The first-order valence-corrected chi connectivity index (χ1v) is 10.1. The number of amides is 1. The first kappa shape index (κ1) is 18.4. The highest BCUT2D eigenvalue weighted by Gasteiger charge is 2.30. The summed E-state index contributed by atoms with van der Waals surface area (Å²) in [5.41, 5.74) is 4.79. The Morgan fingerprint density at radius 3 is 2.70 bits per heavy atom. The molecule has 1 aliphatic rings. The van der Waals surface area contributed by atoms with Gasteiger partial charge in [-0.15, -0.1) is 5.10 Å². The zero-order chi connectivity index (χ0) is 20.5. The fraction of sp³-hybridized carbons (Fsp3) is 0.208. The number of nitrogens with one attached hydrogen (secondary N) is 1. The summed E-state index contributed by atoms with van der Waals surface area (Å²) >= 11 is 0. The first-order chi connectivity index (χ1) is 14.7. The lowest BCUT2D eigenvalue weighted by molar-refractivity contribution is -0.117. The van der Waals surface area contributed by atoms with E-state index in [9.17, 15) is 4.79 Å². The molecule has 30 heavy (non-hydrogen) atoms. The maximum absolute atomic E-state index is 12.0. The van der Waals surface area contributed by atoms with E-state index in [-0.39, 0.29) is 11.8 Å². The normalized spacial score (nSPS) is 13.4. The number of nitrogens with zero attached hydrogens (tertiary/aromatic N) is 3. The minimum absolute atomic E-state index is 0.00298. The van der Waals surface area contributed by atoms with Crippen molar-refractivity contribution >= 4 is 17.5 Å². The second-order valence-electron chi connectivity index (χ2n) is 7.63. The number of carbonyl (C=O) groups excluding carboxylic acids is 1. The molecule has 6 heteroatoms. The standard InChI is InChI=1S/C24H22N4O2/c1-16-14-19(12-13-21(16)30-15-17-6-3-2-4-7-17)20-8-5-9-22-25-24(27-28(20)22)26-23(29)18-10-11-18/h2-9,12-14,18H,10-11,15H2,1H3,(H,26,27,29). The predicted octanol–water partition coefficient (Wildman–Crippen LogP) is 4.63. The summed E-state index contributed by atoms with van der Waals surface area (Å²) in [7, 11) is 0. The van der Waals surface area contributed by atoms with Gasteiger partial charge in [-0.25, -0.2) is 4.52 Å². The van der Waals surface area contributed by atoms with Gasteiger partial charge in [0.1, 0.15) is 12.4 Å². The van der Waals surface area contributed by atoms with Crippen LogP contribution >= 0.6 is 0 Å². The van der Waals surface area contributed by atoms with Gasteiger partial charge in [-0.1, -0.05) is 36.4 Å². The predicted molar refractivity (Wildman–Crippen MR) is 115 cm³/mol. The number of fused-ring (bicyclic) bond motifs is 1. The van der Waals surface area contributed by atoms with E-state index in [1.165, 1.54) is 0 Å². The molecule has 0 radical (unpaired) electrons. The second kappa shape index (κ2) is 7.63. The Morgan fingerprint density at radius 2 is 1.93 bits per heavy atom. The number of aryl methyl sites for hydroxylation is 1. The summed E-state index contributed by atoms with van der Waals surface area (Å²) in [6.07, 6.45) is 1.89. The van der Waals surface area contributed by atoms with Crippen molar-refractivity contribution in [1.82, 2.24) is 14.6 Å². The highest BCUT2D eigenvalue weighted by Crippen LogP contribution is 2.30. The number of hydrogen-bond donors (Lipinski definition) is 1. The van der Waals surface area contributed by atoms with Gasteiger partial charge >= 0.3 is 0 Å². The van der Waals surface area contributed by atoms with E-state index in [1.807, 2.05) is 55.5 Å². The third kappa shape index (κ3) is 3.76. The Hall–Kier alpha value is -3.67. The van der Waals surface area contributed by atoms with Crippen LogP contribution in [0.4, 0.5) is 5.95 Å². The van der Waals surface area contributed by atoms with E-state index >= 15 is 0 Å². The van der Waals surface area contributed by atoms with E-state index in [4.69, 9.17) is 4.74 Å². The average Bonchev–Trinajstić information content (AvgIpc) is 3.53. The van der Waals surface area contributed by atoms with Crippen molar-refractivity contribution in [3.63, 3.8) is 0 Å². The van der Waals surface area contributed by atoms with E-state index in [2.05, 4.69) is 33.6 Å². The molecule has 0 saturated heterocycles. The molecule has 1 aliphatic carbocycles. The molecule has 150 valence electrons. The molecule has 0 bridgehead atoms. The van der Waals surface area contributed by atoms with Crippen LogP contribution in [0.2, 0.25) is 0 Å². The summed E-state index contributed by atoms with van der Waals surface area (Å²) in [6.45, 7) is 2.57. The van der Waals surface area contributed by atoms with E-state index < -0.39 is 0 Å². The molecule has 0 aliphatic heterocycles. The molecule has 2 heterocycles. The fourth-order valence-electron chi connectivity index (χ4n) is 3.44. The van der Waals surface area contributed by atoms with Crippen LogP contribution in [-0.4, -0.2) is 20.5 Å². The third-order valence-corrected chi connectivity index (χ3v) is 5.25. The van der Waals surface area contributed by atoms with Gasteiger partial charge in [0, 0.05) is 11.5 Å². The topological polar surface area (TPSA) is 68.5 Å². The van der Waals surface area contributed by atoms with Crippen LogP contribution in [0.3, 0.4) is 0 Å². The molecule has 0 unspecified atom stereocenters. The Balaban J connectivity index is 1.39. The fourth-order valence-corrected chi connectivity index (χ4v) is 3.44. The molecule has 2 aromatic carbocycles. The number of benzene rings is 2. The van der Waals surface area contributed by atoms with Crippen LogP contribution in [0.25, 0.3) is 16.9 Å². The summed E-state index contributed by atoms with van der Waals surface area (Å²) in [4.78, 5) is 16.5. The number of ether oxygens (including phenoxy) is 1. The van der Waals surface area contributed by atoms with E-state index in [1.54, 1.807) is 4.52 Å². The minimum atomic E-state index is 0.00298. The first-order valence-electron chi connectivity index (χ1n) is 10.1. The molecule has 1 fully saturated rings. The summed E-state index contributed by atoms with van der Waals surface area (Å²) < 4.78 is 7.76. The number of anilines is 1. The molecule has 2 aromatic heterocycles. The van der Waals surface area contributed by atoms with Crippen molar-refractivity contribution < 1.29 is 9.53 Å². The molecule has 0 spiro atoms. The Labute approximate surface area is 174 Å². The molecule has 4 aromatic rings. The van der Waals surface area contributed by atoms with Crippen molar-refractivity contribution in [2.45, 2.75) is 26.4 Å². The van der Waals surface area contributed by atoms with Gasteiger partial charge in [0.15, 0.2) is 5.65 Å². The van der Waals surface area contributed by atoms with Crippen LogP contribution < -0.4 is 10.1 Å². The van der Waals surface area contributed by atoms with E-state index in [0.29, 0.717) is 18.2 Å². The highest BCUT2D eigenvalue weighted by atomic mass is 16.5. The highest BCUT2D eigenvalue weighted by molar-refractivity contribution is 5.92. The Bertz CT molecular complexity index is 1210. The van der Waals surface area contributed by atoms with Crippen molar-refractivity contribution in [2.75, 3.05) is 5.32 Å². The van der Waals surface area contributed by atoms with Gasteiger partial charge in [0.2, 0.25) is 11.9 Å². The second-order valence-corrected chi connectivity index (χ2v) is 7.63. The van der Waals surface area contributed by atoms with Crippen LogP contribution in [-0.2, 0) is 11.4 Å². The maximum Gasteiger partial charge on any atom is 0.249 e. The average molecular weight is 398 g/mol. The number of aromatic nitrogens is 3. The molecule has 1 saturated carbocycles. The van der Waals surface area contributed by atoms with Gasteiger partial charge < -0.3 is 4.74 Å². The Kier molecular flexibility index (Phi) is 4.67. The van der Waals surface area contributed by atoms with Gasteiger partial charge in [-0.05, 0) is 61.2 Å². The SMILES string of the molecule is Cc1cc(-c2cccc3nc(NC(=O)C4CC4)nn23)ccc1OCc1ccccc1. The van der Waals surface area contributed by atoms with Crippen LogP contribution in [0.5, 0.6) is 5.75 Å². The van der Waals surface area contributed by atoms with E-state index in [0.717, 1.165) is 41.0 Å². The van der Waals surface area contributed by atoms with Crippen LogP contribution in [0.1, 0.15) is 24.0 Å². The lowest BCUT2D eigenvalue weighted by Gasteiger charge is -2.11. The minimum Gasteiger partial charge on any atom is -0.489 e. The van der Waals surface area contributed by atoms with Gasteiger partial charge in [0.05, 0.1) is 5.69 Å². The lowest BCUT2D eigenvalue weighted by Crippen LogP contribution is -2.14. The van der Waals surface area contributed by atoms with Crippen LogP contribution in [0, 0.1) is 12.8 Å². The van der Waals surface area contributed by atoms with Crippen molar-refractivity contribution in [2.24, 2.45) is 5.92 Å². The number of rotatable bonds is 6. The van der Waals surface area contributed by atoms with Gasteiger partial charge in [-0.3, -0.25) is 10.1 Å². The molecule has 1 amide bonds. The van der Waals surface area contributed by atoms with Gasteiger partial charge in [-0.2, -0.15) is 4.98 Å². The third-order valence-electron chi connectivity index (χ3n) is 5.25. The number of carbonyl (C=O) groups is 1. The molecule has 5 rings (SSSR count). The largest absolute Gasteiger partial charge is 0.489 e. The van der Waals surface area contributed by atoms with Gasteiger partial charge in [0.25, 0.3) is 0 Å². The molecule has 0 atom stereocenters. The van der Waals surface area contributed by atoms with Crippen molar-refractivity contribution in [3.05, 3.63) is 77.9 Å². The summed E-state index contributed by atoms with van der Waals surface area (Å²) in [5.74, 6) is 1.31. The molecular weight excluding hydrogens is 376 g/mol. The van der Waals surface area contributed by atoms with Crippen molar-refractivity contribution in [1.29, 1.82) is 0 Å². The molecule has 6 nitrogen and oxygen atoms in total. The van der Waals surface area contributed by atoms with Crippen molar-refractivity contribution in [3.8, 4) is 17.0 Å². The summed E-state index contributed by atoms with van der Waals surface area (Å²) in [6, 6.07) is 22.0. The van der Waals surface area contributed by atoms with Crippen LogP contribution in [0.15, 0.2) is 66.7 Å².